The minimum Gasteiger partial charge on any atom is -0.312 e. The summed E-state index contributed by atoms with van der Waals surface area (Å²) >= 11 is 4.70. The number of hydrogen-bond donors (Lipinski definition) is 3. The van der Waals surface area contributed by atoms with Crippen molar-refractivity contribution in [3.05, 3.63) is 20.6 Å². The second-order valence-electron chi connectivity index (χ2n) is 4.24. The van der Waals surface area contributed by atoms with Crippen molar-refractivity contribution in [2.24, 2.45) is 0 Å². The highest BCUT2D eigenvalue weighted by Crippen LogP contribution is 2.32. The molecule has 116 valence electrons. The molecule has 8 nitrogen and oxygen atoms in total. The third kappa shape index (κ3) is 4.07. The lowest BCUT2D eigenvalue weighted by molar-refractivity contribution is 0.560. The van der Waals surface area contributed by atoms with Crippen molar-refractivity contribution in [3.63, 3.8) is 0 Å². The molecule has 0 saturated heterocycles. The van der Waals surface area contributed by atoms with E-state index in [9.17, 15) is 8.42 Å². The van der Waals surface area contributed by atoms with E-state index in [0.717, 1.165) is 11.4 Å². The molecular weight excluding hydrogens is 380 g/mol. The Morgan fingerprint density at radius 3 is 2.90 bits per heavy atom. The van der Waals surface area contributed by atoms with Gasteiger partial charge in [-0.2, -0.15) is 5.21 Å². The molecule has 0 saturated carbocycles. The van der Waals surface area contributed by atoms with Gasteiger partial charge in [0.25, 0.3) is 0 Å². The Labute approximate surface area is 134 Å². The summed E-state index contributed by atoms with van der Waals surface area (Å²) in [4.78, 5) is 1.16. The lowest BCUT2D eigenvalue weighted by Crippen LogP contribution is -2.27. The number of H-pyrrole nitrogens is 1. The van der Waals surface area contributed by atoms with E-state index in [-0.39, 0.29) is 10.7 Å². The number of aromatic nitrogens is 4. The van der Waals surface area contributed by atoms with E-state index < -0.39 is 16.1 Å². The van der Waals surface area contributed by atoms with E-state index >= 15 is 0 Å². The lowest BCUT2D eigenvalue weighted by Gasteiger charge is -2.09. The molecule has 1 atom stereocenters. The molecule has 2 aromatic rings. The van der Waals surface area contributed by atoms with Gasteiger partial charge in [0.1, 0.15) is 4.90 Å². The van der Waals surface area contributed by atoms with E-state index in [1.54, 1.807) is 13.0 Å². The van der Waals surface area contributed by atoms with Gasteiger partial charge in [-0.1, -0.05) is 12.1 Å². The zero-order valence-corrected chi connectivity index (χ0v) is 14.6. The largest absolute Gasteiger partial charge is 0.312 e. The summed E-state index contributed by atoms with van der Waals surface area (Å²) in [6.45, 7) is 5.11. The third-order valence-corrected chi connectivity index (χ3v) is 6.42. The summed E-state index contributed by atoms with van der Waals surface area (Å²) in [5.74, 6) is 0.290. The monoisotopic (exact) mass is 394 g/mol. The van der Waals surface area contributed by atoms with Gasteiger partial charge < -0.3 is 5.32 Å². The van der Waals surface area contributed by atoms with Crippen LogP contribution in [0.25, 0.3) is 0 Å². The number of tetrazole rings is 1. The van der Waals surface area contributed by atoms with Gasteiger partial charge in [0.2, 0.25) is 10.0 Å². The zero-order chi connectivity index (χ0) is 15.5. The quantitative estimate of drug-likeness (QED) is 0.649. The number of hydrogen-bond acceptors (Lipinski definition) is 7. The number of aromatic amines is 1. The van der Waals surface area contributed by atoms with Crippen LogP contribution in [0, 0.1) is 0 Å². The molecule has 21 heavy (non-hydrogen) atoms. The van der Waals surface area contributed by atoms with Crippen LogP contribution in [0.1, 0.15) is 30.6 Å². The van der Waals surface area contributed by atoms with Crippen LogP contribution in [-0.2, 0) is 16.6 Å². The molecule has 0 amide bonds. The first-order chi connectivity index (χ1) is 9.94. The molecule has 0 spiro atoms. The predicted octanol–water partition coefficient (Wildman–Crippen LogP) is 1.17. The number of sulfonamides is 1. The Balaban J connectivity index is 2.17. The van der Waals surface area contributed by atoms with E-state index in [1.807, 2.05) is 6.92 Å². The fourth-order valence-electron chi connectivity index (χ4n) is 1.62. The van der Waals surface area contributed by atoms with Crippen molar-refractivity contribution in [2.75, 3.05) is 6.54 Å². The fourth-order valence-corrected chi connectivity index (χ4v) is 5.47. The Bertz CT molecular complexity index is 684. The maximum absolute atomic E-state index is 12.4. The molecule has 0 aliphatic rings. The van der Waals surface area contributed by atoms with Crippen molar-refractivity contribution < 1.29 is 8.42 Å². The molecule has 2 heterocycles. The molecule has 11 heteroatoms. The Morgan fingerprint density at radius 1 is 1.52 bits per heavy atom. The average molecular weight is 395 g/mol. The van der Waals surface area contributed by atoms with E-state index in [4.69, 9.17) is 0 Å². The number of nitrogens with zero attached hydrogens (tertiary/aromatic N) is 3. The van der Waals surface area contributed by atoms with Crippen molar-refractivity contribution in [2.45, 2.75) is 31.3 Å². The molecule has 3 N–H and O–H groups in total. The molecule has 0 aliphatic carbocycles. The molecule has 1 unspecified atom stereocenters. The molecule has 2 rings (SSSR count). The first kappa shape index (κ1) is 16.5. The Kier molecular flexibility index (Phi) is 5.43. The first-order valence-electron chi connectivity index (χ1n) is 6.18. The summed E-state index contributed by atoms with van der Waals surface area (Å²) in [5.41, 5.74) is 0. The van der Waals surface area contributed by atoms with Crippen LogP contribution in [0.5, 0.6) is 0 Å². The van der Waals surface area contributed by atoms with E-state index in [1.165, 1.54) is 11.3 Å². The predicted molar refractivity (Wildman–Crippen MR) is 82.3 cm³/mol. The van der Waals surface area contributed by atoms with Crippen LogP contribution in [-0.4, -0.2) is 35.6 Å². The number of rotatable bonds is 7. The molecule has 0 aromatic carbocycles. The second-order valence-corrected chi connectivity index (χ2v) is 8.38. The number of nitrogens with one attached hydrogen (secondary N) is 3. The maximum atomic E-state index is 12.4. The topological polar surface area (TPSA) is 113 Å². The molecule has 0 bridgehead atoms. The smallest absolute Gasteiger partial charge is 0.243 e. The number of halogens is 1. The number of thiophene rings is 1. The molecule has 0 fully saturated rings. The van der Waals surface area contributed by atoms with Crippen LogP contribution < -0.4 is 10.0 Å². The molecule has 2 aromatic heterocycles. The molecule has 0 radical (unpaired) electrons. The summed E-state index contributed by atoms with van der Waals surface area (Å²) < 4.78 is 27.9. The minimum atomic E-state index is -3.66. The van der Waals surface area contributed by atoms with Gasteiger partial charge in [-0.15, -0.1) is 21.5 Å². The zero-order valence-electron chi connectivity index (χ0n) is 11.4. The van der Waals surface area contributed by atoms with Crippen LogP contribution in [0.3, 0.4) is 0 Å². The normalized spacial score (nSPS) is 13.5. The molecule has 0 aliphatic heterocycles. The van der Waals surface area contributed by atoms with Crippen LogP contribution in [0.4, 0.5) is 0 Å². The summed E-state index contributed by atoms with van der Waals surface area (Å²) in [6.07, 6.45) is 0. The second kappa shape index (κ2) is 6.92. The third-order valence-electron chi connectivity index (χ3n) is 2.63. The maximum Gasteiger partial charge on any atom is 0.243 e. The van der Waals surface area contributed by atoms with Gasteiger partial charge in [0.15, 0.2) is 5.82 Å². The Morgan fingerprint density at radius 2 is 2.29 bits per heavy atom. The van der Waals surface area contributed by atoms with Crippen LogP contribution in [0.15, 0.2) is 14.7 Å². The first-order valence-corrected chi connectivity index (χ1v) is 9.28. The van der Waals surface area contributed by atoms with Crippen molar-refractivity contribution in [1.82, 2.24) is 30.7 Å². The highest BCUT2D eigenvalue weighted by atomic mass is 79.9. The van der Waals surface area contributed by atoms with Crippen molar-refractivity contribution >= 4 is 37.3 Å². The van der Waals surface area contributed by atoms with Crippen molar-refractivity contribution in [3.8, 4) is 0 Å². The lowest BCUT2D eigenvalue weighted by atomic mass is 10.4. The highest BCUT2D eigenvalue weighted by molar-refractivity contribution is 9.11. The minimum absolute atomic E-state index is 0.218. The average Bonchev–Trinajstić information content (AvgIpc) is 3.05. The van der Waals surface area contributed by atoms with Crippen LogP contribution in [0.2, 0.25) is 0 Å². The van der Waals surface area contributed by atoms with Gasteiger partial charge in [-0.25, -0.2) is 13.1 Å². The standard InChI is InChI=1S/C10H15BrN6O2S2/c1-3-12-5-7-4-8(9(11)20-7)21(18,19)15-6(2)10-13-16-17-14-10/h4,6,12,15H,3,5H2,1-2H3,(H,13,14,16,17). The van der Waals surface area contributed by atoms with Gasteiger partial charge in [0.05, 0.1) is 9.83 Å². The summed E-state index contributed by atoms with van der Waals surface area (Å²) in [7, 11) is -3.66. The molecular formula is C10H15BrN6O2S2. The fraction of sp³-hybridized carbons (Fsp3) is 0.500. The van der Waals surface area contributed by atoms with E-state index in [0.29, 0.717) is 10.3 Å². The summed E-state index contributed by atoms with van der Waals surface area (Å²) in [6, 6.07) is 1.08. The SMILES string of the molecule is CCNCc1cc(S(=O)(=O)NC(C)c2nn[nH]n2)c(Br)s1. The Hall–Kier alpha value is -0.880. The van der Waals surface area contributed by atoms with Crippen molar-refractivity contribution in [1.29, 1.82) is 0 Å². The van der Waals surface area contributed by atoms with Gasteiger partial charge in [-0.3, -0.25) is 0 Å². The van der Waals surface area contributed by atoms with Gasteiger partial charge in [0, 0.05) is 11.4 Å². The van der Waals surface area contributed by atoms with Gasteiger partial charge >= 0.3 is 0 Å². The highest BCUT2D eigenvalue weighted by Gasteiger charge is 2.24. The van der Waals surface area contributed by atoms with Crippen LogP contribution >= 0.6 is 27.3 Å². The van der Waals surface area contributed by atoms with E-state index in [2.05, 4.69) is 46.6 Å². The van der Waals surface area contributed by atoms with Gasteiger partial charge in [-0.05, 0) is 35.5 Å². The summed E-state index contributed by atoms with van der Waals surface area (Å²) in [5, 5.41) is 16.4.